The lowest BCUT2D eigenvalue weighted by Crippen LogP contribution is -2.17. The Balaban J connectivity index is 2.10. The van der Waals surface area contributed by atoms with E-state index in [-0.39, 0.29) is 0 Å². The van der Waals surface area contributed by atoms with Crippen LogP contribution in [0.5, 0.6) is 0 Å². The van der Waals surface area contributed by atoms with Gasteiger partial charge in [-0.3, -0.25) is 0 Å². The standard InChI is InChI=1S/C13H18ClNOS/c14-12-2-1-3-13(11(12)4-7-15)17-10-5-8-16-9-6-10/h1-3,10H,4-9,15H2. The summed E-state index contributed by atoms with van der Waals surface area (Å²) in [5, 5.41) is 1.49. The third kappa shape index (κ3) is 3.62. The molecular formula is C13H18ClNOS. The lowest BCUT2D eigenvalue weighted by atomic mass is 10.1. The first-order chi connectivity index (χ1) is 8.31. The van der Waals surface area contributed by atoms with Gasteiger partial charge in [-0.05, 0) is 43.5 Å². The number of thioether (sulfide) groups is 1. The molecule has 0 spiro atoms. The molecule has 4 heteroatoms. The fourth-order valence-electron chi connectivity index (χ4n) is 2.01. The molecule has 17 heavy (non-hydrogen) atoms. The number of nitrogens with two attached hydrogens (primary N) is 1. The van der Waals surface area contributed by atoms with Crippen LogP contribution in [-0.2, 0) is 11.2 Å². The lowest BCUT2D eigenvalue weighted by Gasteiger charge is -2.22. The van der Waals surface area contributed by atoms with Crippen LogP contribution in [0.3, 0.4) is 0 Å². The van der Waals surface area contributed by atoms with Crippen molar-refractivity contribution < 1.29 is 4.74 Å². The number of ether oxygens (including phenoxy) is 1. The van der Waals surface area contributed by atoms with Crippen molar-refractivity contribution in [2.75, 3.05) is 19.8 Å². The first-order valence-electron chi connectivity index (χ1n) is 6.03. The first-order valence-corrected chi connectivity index (χ1v) is 7.29. The van der Waals surface area contributed by atoms with E-state index in [2.05, 4.69) is 6.07 Å². The molecule has 0 aliphatic carbocycles. The maximum atomic E-state index is 6.23. The molecule has 0 amide bonds. The van der Waals surface area contributed by atoms with Crippen molar-refractivity contribution >= 4 is 23.4 Å². The second-order valence-corrected chi connectivity index (χ2v) is 5.93. The first kappa shape index (κ1) is 13.2. The van der Waals surface area contributed by atoms with Crippen molar-refractivity contribution in [2.24, 2.45) is 5.73 Å². The normalized spacial score (nSPS) is 17.3. The van der Waals surface area contributed by atoms with Crippen molar-refractivity contribution in [2.45, 2.75) is 29.4 Å². The predicted octanol–water partition coefficient (Wildman–Crippen LogP) is 3.11. The second kappa shape index (κ2) is 6.64. The number of rotatable bonds is 4. The average molecular weight is 272 g/mol. The third-order valence-corrected chi connectivity index (χ3v) is 4.73. The van der Waals surface area contributed by atoms with Crippen molar-refractivity contribution in [3.63, 3.8) is 0 Å². The highest BCUT2D eigenvalue weighted by atomic mass is 35.5. The summed E-state index contributed by atoms with van der Waals surface area (Å²) in [7, 11) is 0. The summed E-state index contributed by atoms with van der Waals surface area (Å²) in [5.74, 6) is 0. The molecule has 2 rings (SSSR count). The summed E-state index contributed by atoms with van der Waals surface area (Å²) in [4.78, 5) is 1.29. The Hall–Kier alpha value is -0.220. The SMILES string of the molecule is NCCc1c(Cl)cccc1SC1CCOCC1. The van der Waals surface area contributed by atoms with Gasteiger partial charge in [0.15, 0.2) is 0 Å². The molecule has 1 aromatic rings. The minimum Gasteiger partial charge on any atom is -0.381 e. The maximum Gasteiger partial charge on any atom is 0.0476 e. The van der Waals surface area contributed by atoms with Gasteiger partial charge >= 0.3 is 0 Å². The van der Waals surface area contributed by atoms with Gasteiger partial charge < -0.3 is 10.5 Å². The molecule has 94 valence electrons. The van der Waals surface area contributed by atoms with Crippen LogP contribution in [0.2, 0.25) is 5.02 Å². The van der Waals surface area contributed by atoms with Gasteiger partial charge in [0.05, 0.1) is 0 Å². The highest BCUT2D eigenvalue weighted by Crippen LogP contribution is 2.34. The van der Waals surface area contributed by atoms with Gasteiger partial charge in [0.25, 0.3) is 0 Å². The van der Waals surface area contributed by atoms with E-state index in [9.17, 15) is 0 Å². The zero-order chi connectivity index (χ0) is 12.1. The van der Waals surface area contributed by atoms with E-state index in [1.54, 1.807) is 0 Å². The van der Waals surface area contributed by atoms with Crippen molar-refractivity contribution in [1.29, 1.82) is 0 Å². The zero-order valence-corrected chi connectivity index (χ0v) is 11.4. The molecule has 0 saturated carbocycles. The number of hydrogen-bond donors (Lipinski definition) is 1. The van der Waals surface area contributed by atoms with Crippen LogP contribution in [0, 0.1) is 0 Å². The quantitative estimate of drug-likeness (QED) is 0.914. The minimum absolute atomic E-state index is 0.644. The van der Waals surface area contributed by atoms with E-state index in [1.165, 1.54) is 10.5 Å². The van der Waals surface area contributed by atoms with Gasteiger partial charge in [0, 0.05) is 28.4 Å². The predicted molar refractivity (Wildman–Crippen MR) is 73.9 cm³/mol. The molecule has 0 aromatic heterocycles. The van der Waals surface area contributed by atoms with Crippen LogP contribution in [-0.4, -0.2) is 25.0 Å². The van der Waals surface area contributed by atoms with Gasteiger partial charge in [-0.25, -0.2) is 0 Å². The van der Waals surface area contributed by atoms with Crippen molar-refractivity contribution in [1.82, 2.24) is 0 Å². The Morgan fingerprint density at radius 2 is 2.12 bits per heavy atom. The van der Waals surface area contributed by atoms with Crippen LogP contribution in [0.15, 0.2) is 23.1 Å². The summed E-state index contributed by atoms with van der Waals surface area (Å²) < 4.78 is 5.38. The Labute approximate surface area is 112 Å². The molecular weight excluding hydrogens is 254 g/mol. The Kier molecular flexibility index (Phi) is 5.16. The largest absolute Gasteiger partial charge is 0.381 e. The molecule has 0 atom stereocenters. The van der Waals surface area contributed by atoms with Crippen molar-refractivity contribution in [3.8, 4) is 0 Å². The zero-order valence-electron chi connectivity index (χ0n) is 9.82. The Morgan fingerprint density at radius 1 is 1.35 bits per heavy atom. The molecule has 1 aliphatic heterocycles. The van der Waals surface area contributed by atoms with E-state index >= 15 is 0 Å². The van der Waals surface area contributed by atoms with Gasteiger partial charge in [0.2, 0.25) is 0 Å². The summed E-state index contributed by atoms with van der Waals surface area (Å²) in [6, 6.07) is 6.11. The Morgan fingerprint density at radius 3 is 2.82 bits per heavy atom. The molecule has 1 aromatic carbocycles. The van der Waals surface area contributed by atoms with Gasteiger partial charge in [-0.2, -0.15) is 0 Å². The van der Waals surface area contributed by atoms with E-state index in [0.717, 1.165) is 37.5 Å². The fraction of sp³-hybridized carbons (Fsp3) is 0.538. The van der Waals surface area contributed by atoms with Crippen LogP contribution in [0.4, 0.5) is 0 Å². The molecule has 1 fully saturated rings. The summed E-state index contributed by atoms with van der Waals surface area (Å²) in [5.41, 5.74) is 6.85. The molecule has 0 bridgehead atoms. The third-order valence-electron chi connectivity index (χ3n) is 2.93. The Bertz CT molecular complexity index is 366. The summed E-state index contributed by atoms with van der Waals surface area (Å²) in [6.45, 7) is 2.40. The highest BCUT2D eigenvalue weighted by molar-refractivity contribution is 8.00. The number of halogens is 1. The molecule has 1 saturated heterocycles. The van der Waals surface area contributed by atoms with Crippen LogP contribution in [0.25, 0.3) is 0 Å². The van der Waals surface area contributed by atoms with E-state index in [0.29, 0.717) is 11.8 Å². The highest BCUT2D eigenvalue weighted by Gasteiger charge is 2.17. The average Bonchev–Trinajstić information content (AvgIpc) is 2.35. The molecule has 2 nitrogen and oxygen atoms in total. The maximum absolute atomic E-state index is 6.23. The molecule has 1 heterocycles. The lowest BCUT2D eigenvalue weighted by molar-refractivity contribution is 0.100. The van der Waals surface area contributed by atoms with E-state index in [1.807, 2.05) is 23.9 Å². The number of benzene rings is 1. The molecule has 0 radical (unpaired) electrons. The topological polar surface area (TPSA) is 35.2 Å². The van der Waals surface area contributed by atoms with Crippen LogP contribution in [0.1, 0.15) is 18.4 Å². The smallest absolute Gasteiger partial charge is 0.0476 e. The number of hydrogen-bond acceptors (Lipinski definition) is 3. The second-order valence-electron chi connectivity index (χ2n) is 4.18. The monoisotopic (exact) mass is 271 g/mol. The van der Waals surface area contributed by atoms with E-state index < -0.39 is 0 Å². The van der Waals surface area contributed by atoms with E-state index in [4.69, 9.17) is 22.1 Å². The molecule has 1 aliphatic rings. The van der Waals surface area contributed by atoms with Gasteiger partial charge in [0.1, 0.15) is 0 Å². The summed E-state index contributed by atoms with van der Waals surface area (Å²) in [6.07, 6.45) is 3.10. The summed E-state index contributed by atoms with van der Waals surface area (Å²) >= 11 is 8.16. The van der Waals surface area contributed by atoms with Crippen molar-refractivity contribution in [3.05, 3.63) is 28.8 Å². The minimum atomic E-state index is 0.644. The fourth-order valence-corrected chi connectivity index (χ4v) is 3.63. The van der Waals surface area contributed by atoms with Crippen LogP contribution >= 0.6 is 23.4 Å². The molecule has 0 unspecified atom stereocenters. The van der Waals surface area contributed by atoms with Crippen LogP contribution < -0.4 is 5.73 Å². The molecule has 2 N–H and O–H groups in total. The van der Waals surface area contributed by atoms with Gasteiger partial charge in [-0.1, -0.05) is 17.7 Å². The van der Waals surface area contributed by atoms with Gasteiger partial charge in [-0.15, -0.1) is 11.8 Å².